The second-order valence-electron chi connectivity index (χ2n) is 4.14. The van der Waals surface area contributed by atoms with Gasteiger partial charge in [0.05, 0.1) is 6.61 Å². The highest BCUT2D eigenvalue weighted by Crippen LogP contribution is 2.28. The Balaban J connectivity index is 2.41. The fourth-order valence-electron chi connectivity index (χ4n) is 2.03. The molecule has 0 radical (unpaired) electrons. The van der Waals surface area contributed by atoms with Crippen molar-refractivity contribution in [3.63, 3.8) is 0 Å². The SMILES string of the molecule is CCCN(C1CC1)C(CNC)COC. The maximum atomic E-state index is 5.28. The second-order valence-corrected chi connectivity index (χ2v) is 4.14. The van der Waals surface area contributed by atoms with Crippen LogP contribution < -0.4 is 5.32 Å². The number of methoxy groups -OCH3 is 1. The lowest BCUT2D eigenvalue weighted by Gasteiger charge is -2.31. The van der Waals surface area contributed by atoms with E-state index in [1.165, 1.54) is 25.8 Å². The van der Waals surface area contributed by atoms with Crippen molar-refractivity contribution in [2.24, 2.45) is 0 Å². The summed E-state index contributed by atoms with van der Waals surface area (Å²) >= 11 is 0. The summed E-state index contributed by atoms with van der Waals surface area (Å²) in [5.74, 6) is 0. The molecule has 14 heavy (non-hydrogen) atoms. The number of hydrogen-bond acceptors (Lipinski definition) is 3. The summed E-state index contributed by atoms with van der Waals surface area (Å²) in [4.78, 5) is 2.61. The molecule has 0 amide bonds. The monoisotopic (exact) mass is 200 g/mol. The van der Waals surface area contributed by atoms with Gasteiger partial charge in [-0.2, -0.15) is 0 Å². The average molecular weight is 200 g/mol. The third-order valence-electron chi connectivity index (χ3n) is 2.77. The first-order chi connectivity index (χ1) is 6.83. The van der Waals surface area contributed by atoms with Gasteiger partial charge in [0.25, 0.3) is 0 Å². The van der Waals surface area contributed by atoms with Crippen LogP contribution in [-0.2, 0) is 4.74 Å². The molecular weight excluding hydrogens is 176 g/mol. The van der Waals surface area contributed by atoms with Gasteiger partial charge in [-0.25, -0.2) is 0 Å². The van der Waals surface area contributed by atoms with Gasteiger partial charge >= 0.3 is 0 Å². The van der Waals surface area contributed by atoms with E-state index in [1.54, 1.807) is 7.11 Å². The highest BCUT2D eigenvalue weighted by atomic mass is 16.5. The smallest absolute Gasteiger partial charge is 0.0630 e. The fourth-order valence-corrected chi connectivity index (χ4v) is 2.03. The minimum Gasteiger partial charge on any atom is -0.383 e. The van der Waals surface area contributed by atoms with Crippen LogP contribution >= 0.6 is 0 Å². The molecule has 1 aliphatic carbocycles. The lowest BCUT2D eigenvalue weighted by atomic mass is 10.2. The van der Waals surface area contributed by atoms with Crippen molar-refractivity contribution in [2.75, 3.05) is 33.9 Å². The molecule has 3 heteroatoms. The van der Waals surface area contributed by atoms with Crippen molar-refractivity contribution in [3.05, 3.63) is 0 Å². The maximum Gasteiger partial charge on any atom is 0.0630 e. The van der Waals surface area contributed by atoms with Crippen molar-refractivity contribution < 1.29 is 4.74 Å². The summed E-state index contributed by atoms with van der Waals surface area (Å²) < 4.78 is 5.28. The molecule has 0 aromatic heterocycles. The van der Waals surface area contributed by atoms with E-state index in [0.717, 1.165) is 19.2 Å². The minimum atomic E-state index is 0.553. The molecule has 0 bridgehead atoms. The lowest BCUT2D eigenvalue weighted by Crippen LogP contribution is -2.46. The fraction of sp³-hybridized carbons (Fsp3) is 1.00. The Morgan fingerprint density at radius 2 is 2.21 bits per heavy atom. The van der Waals surface area contributed by atoms with E-state index in [2.05, 4.69) is 17.1 Å². The molecule has 1 fully saturated rings. The van der Waals surface area contributed by atoms with Crippen LogP contribution in [0.2, 0.25) is 0 Å². The summed E-state index contributed by atoms with van der Waals surface area (Å²) in [5.41, 5.74) is 0. The summed E-state index contributed by atoms with van der Waals surface area (Å²) in [6.45, 7) is 5.33. The molecule has 84 valence electrons. The van der Waals surface area contributed by atoms with Gasteiger partial charge in [0.1, 0.15) is 0 Å². The Labute approximate surface area is 87.8 Å². The number of rotatable bonds is 8. The largest absolute Gasteiger partial charge is 0.383 e. The van der Waals surface area contributed by atoms with E-state index in [1.807, 2.05) is 7.05 Å². The molecule has 1 rings (SSSR count). The molecule has 1 aliphatic rings. The van der Waals surface area contributed by atoms with Gasteiger partial charge in [0.15, 0.2) is 0 Å². The molecule has 1 N–H and O–H groups in total. The average Bonchev–Trinajstić information content (AvgIpc) is 2.97. The van der Waals surface area contributed by atoms with Crippen molar-refractivity contribution >= 4 is 0 Å². The van der Waals surface area contributed by atoms with Gasteiger partial charge in [-0.15, -0.1) is 0 Å². The molecule has 0 spiro atoms. The zero-order chi connectivity index (χ0) is 10.4. The molecule has 1 unspecified atom stereocenters. The van der Waals surface area contributed by atoms with Gasteiger partial charge < -0.3 is 10.1 Å². The van der Waals surface area contributed by atoms with E-state index in [9.17, 15) is 0 Å². The zero-order valence-corrected chi connectivity index (χ0v) is 9.75. The predicted molar refractivity (Wildman–Crippen MR) is 59.6 cm³/mol. The Morgan fingerprint density at radius 1 is 1.50 bits per heavy atom. The van der Waals surface area contributed by atoms with Crippen LogP contribution in [0.15, 0.2) is 0 Å². The predicted octanol–water partition coefficient (Wildman–Crippen LogP) is 1.10. The topological polar surface area (TPSA) is 24.5 Å². The van der Waals surface area contributed by atoms with Crippen LogP contribution in [0.5, 0.6) is 0 Å². The highest BCUT2D eigenvalue weighted by Gasteiger charge is 2.32. The van der Waals surface area contributed by atoms with Gasteiger partial charge in [0, 0.05) is 25.7 Å². The number of likely N-dealkylation sites (N-methyl/N-ethyl adjacent to an activating group) is 1. The molecule has 3 nitrogen and oxygen atoms in total. The van der Waals surface area contributed by atoms with Crippen LogP contribution in [0, 0.1) is 0 Å². The lowest BCUT2D eigenvalue weighted by molar-refractivity contribution is 0.0849. The van der Waals surface area contributed by atoms with Crippen LogP contribution in [-0.4, -0.2) is 50.8 Å². The molecule has 0 aromatic carbocycles. The Kier molecular flexibility index (Phi) is 5.45. The quantitative estimate of drug-likeness (QED) is 0.635. The van der Waals surface area contributed by atoms with Crippen molar-refractivity contribution in [1.29, 1.82) is 0 Å². The Morgan fingerprint density at radius 3 is 2.64 bits per heavy atom. The van der Waals surface area contributed by atoms with E-state index >= 15 is 0 Å². The maximum absolute atomic E-state index is 5.28. The molecule has 1 atom stereocenters. The van der Waals surface area contributed by atoms with Crippen LogP contribution in [0.25, 0.3) is 0 Å². The number of nitrogens with zero attached hydrogens (tertiary/aromatic N) is 1. The standard InChI is InChI=1S/C11H24N2O/c1-4-7-13(10-5-6-10)11(8-12-2)9-14-3/h10-12H,4-9H2,1-3H3. The molecule has 0 heterocycles. The van der Waals surface area contributed by atoms with Gasteiger partial charge in [-0.1, -0.05) is 6.92 Å². The summed E-state index contributed by atoms with van der Waals surface area (Å²) in [5, 5.41) is 3.25. The molecule has 0 aromatic rings. The molecule has 0 saturated heterocycles. The number of nitrogens with one attached hydrogen (secondary N) is 1. The summed E-state index contributed by atoms with van der Waals surface area (Å²) in [7, 11) is 3.80. The molecule has 1 saturated carbocycles. The van der Waals surface area contributed by atoms with Crippen molar-refractivity contribution in [3.8, 4) is 0 Å². The van der Waals surface area contributed by atoms with Gasteiger partial charge in [-0.05, 0) is 32.9 Å². The first-order valence-electron chi connectivity index (χ1n) is 5.72. The first-order valence-corrected chi connectivity index (χ1v) is 5.72. The van der Waals surface area contributed by atoms with E-state index in [-0.39, 0.29) is 0 Å². The number of hydrogen-bond donors (Lipinski definition) is 1. The summed E-state index contributed by atoms with van der Waals surface area (Å²) in [6, 6.07) is 1.39. The molecular formula is C11H24N2O. The first kappa shape index (κ1) is 12.0. The second kappa shape index (κ2) is 6.38. The zero-order valence-electron chi connectivity index (χ0n) is 9.75. The Hall–Kier alpha value is -0.120. The molecule has 0 aliphatic heterocycles. The van der Waals surface area contributed by atoms with Gasteiger partial charge in [0.2, 0.25) is 0 Å². The highest BCUT2D eigenvalue weighted by molar-refractivity contribution is 4.89. The van der Waals surface area contributed by atoms with Crippen LogP contribution in [0.4, 0.5) is 0 Å². The van der Waals surface area contributed by atoms with E-state index in [4.69, 9.17) is 4.74 Å². The van der Waals surface area contributed by atoms with Gasteiger partial charge in [-0.3, -0.25) is 4.90 Å². The van der Waals surface area contributed by atoms with E-state index in [0.29, 0.717) is 6.04 Å². The van der Waals surface area contributed by atoms with Crippen LogP contribution in [0.3, 0.4) is 0 Å². The third kappa shape index (κ3) is 3.56. The minimum absolute atomic E-state index is 0.553. The third-order valence-corrected chi connectivity index (χ3v) is 2.77. The Bertz CT molecular complexity index is 142. The normalized spacial score (nSPS) is 18.9. The summed E-state index contributed by atoms with van der Waals surface area (Å²) in [6.07, 6.45) is 3.99. The number of ether oxygens (including phenoxy) is 1. The van der Waals surface area contributed by atoms with Crippen molar-refractivity contribution in [2.45, 2.75) is 38.3 Å². The van der Waals surface area contributed by atoms with E-state index < -0.39 is 0 Å². The van der Waals surface area contributed by atoms with Crippen molar-refractivity contribution in [1.82, 2.24) is 10.2 Å². The van der Waals surface area contributed by atoms with Crippen LogP contribution in [0.1, 0.15) is 26.2 Å².